The van der Waals surface area contributed by atoms with Crippen LogP contribution >= 0.6 is 11.8 Å². The molecule has 1 heterocycles. The lowest BCUT2D eigenvalue weighted by atomic mass is 10.2. The van der Waals surface area contributed by atoms with Gasteiger partial charge >= 0.3 is 0 Å². The fraction of sp³-hybridized carbons (Fsp3) is 0.214. The van der Waals surface area contributed by atoms with Gasteiger partial charge in [-0.1, -0.05) is 30.0 Å². The average molecular weight is 333 g/mol. The third-order valence-electron chi connectivity index (χ3n) is 2.92. The summed E-state index contributed by atoms with van der Waals surface area (Å²) in [7, 11) is 0. The number of amides is 1. The second-order valence-electron chi connectivity index (χ2n) is 4.54. The Balaban J connectivity index is 2.01. The summed E-state index contributed by atoms with van der Waals surface area (Å²) in [5.41, 5.74) is 0.0309. The van der Waals surface area contributed by atoms with Crippen molar-refractivity contribution in [2.24, 2.45) is 0 Å². The summed E-state index contributed by atoms with van der Waals surface area (Å²) in [6.45, 7) is 6.03. The minimum absolute atomic E-state index is 0.0708. The number of nitro groups is 1. The van der Waals surface area contributed by atoms with E-state index in [4.69, 9.17) is 0 Å². The number of allylic oxidation sites excluding steroid dienone is 1. The second kappa shape index (κ2) is 7.54. The van der Waals surface area contributed by atoms with Crippen LogP contribution in [0.1, 0.15) is 5.82 Å². The lowest BCUT2D eigenvalue weighted by Crippen LogP contribution is -2.15. The number of nitro benzene ring substituents is 1. The molecule has 0 aliphatic heterocycles. The summed E-state index contributed by atoms with van der Waals surface area (Å²) in [5, 5.41) is 22.0. The number of hydrogen-bond donors (Lipinski definition) is 1. The Morgan fingerprint density at radius 1 is 1.48 bits per heavy atom. The third-order valence-corrected chi connectivity index (χ3v) is 3.89. The maximum Gasteiger partial charge on any atom is 0.292 e. The van der Waals surface area contributed by atoms with Crippen LogP contribution in [-0.2, 0) is 11.3 Å². The number of aryl methyl sites for hydroxylation is 1. The molecule has 0 radical (unpaired) electrons. The number of carbonyl (C=O) groups excluding carboxylic acids is 1. The Morgan fingerprint density at radius 3 is 2.91 bits per heavy atom. The predicted octanol–water partition coefficient (Wildman–Crippen LogP) is 2.41. The van der Waals surface area contributed by atoms with Crippen LogP contribution in [0.5, 0.6) is 0 Å². The number of hydrogen-bond acceptors (Lipinski definition) is 6. The first-order chi connectivity index (χ1) is 11.0. The van der Waals surface area contributed by atoms with Crippen molar-refractivity contribution in [3.63, 3.8) is 0 Å². The van der Waals surface area contributed by atoms with Crippen LogP contribution in [0.15, 0.2) is 42.1 Å². The van der Waals surface area contributed by atoms with Crippen LogP contribution < -0.4 is 5.32 Å². The van der Waals surface area contributed by atoms with Crippen molar-refractivity contribution in [2.45, 2.75) is 18.6 Å². The minimum atomic E-state index is -0.535. The summed E-state index contributed by atoms with van der Waals surface area (Å²) >= 11 is 1.21. The molecule has 1 N–H and O–H groups in total. The van der Waals surface area contributed by atoms with Crippen molar-refractivity contribution >= 4 is 29.0 Å². The number of benzene rings is 1. The van der Waals surface area contributed by atoms with Gasteiger partial charge in [-0.2, -0.15) is 0 Å². The molecule has 120 valence electrons. The van der Waals surface area contributed by atoms with Crippen molar-refractivity contribution in [1.29, 1.82) is 0 Å². The van der Waals surface area contributed by atoms with Gasteiger partial charge in [-0.3, -0.25) is 14.9 Å². The number of carbonyl (C=O) groups is 1. The summed E-state index contributed by atoms with van der Waals surface area (Å²) < 4.78 is 1.83. The Kier molecular flexibility index (Phi) is 5.47. The molecule has 1 aromatic carbocycles. The van der Waals surface area contributed by atoms with Gasteiger partial charge in [-0.25, -0.2) is 0 Å². The van der Waals surface area contributed by atoms with Gasteiger partial charge in [0.25, 0.3) is 5.69 Å². The van der Waals surface area contributed by atoms with E-state index in [0.29, 0.717) is 11.7 Å². The van der Waals surface area contributed by atoms with E-state index < -0.39 is 4.92 Å². The number of anilines is 1. The van der Waals surface area contributed by atoms with Gasteiger partial charge in [-0.15, -0.1) is 16.8 Å². The Bertz CT molecular complexity index is 744. The Morgan fingerprint density at radius 2 is 2.22 bits per heavy atom. The molecule has 9 heteroatoms. The number of rotatable bonds is 7. The highest BCUT2D eigenvalue weighted by Gasteiger charge is 2.16. The number of thioether (sulfide) groups is 1. The van der Waals surface area contributed by atoms with Gasteiger partial charge in [-0.05, 0) is 13.0 Å². The molecule has 8 nitrogen and oxygen atoms in total. The summed E-state index contributed by atoms with van der Waals surface area (Å²) in [4.78, 5) is 22.4. The number of nitrogens with one attached hydrogen (secondary N) is 1. The van der Waals surface area contributed by atoms with Crippen molar-refractivity contribution < 1.29 is 9.72 Å². The molecule has 0 bridgehead atoms. The SMILES string of the molecule is C=CCn1c(C)nnc1SCC(=O)Nc1ccccc1[N+](=O)[O-]. The predicted molar refractivity (Wildman–Crippen MR) is 87.4 cm³/mol. The van der Waals surface area contributed by atoms with E-state index >= 15 is 0 Å². The highest BCUT2D eigenvalue weighted by atomic mass is 32.2. The standard InChI is InChI=1S/C14H15N5O3S/c1-3-8-18-10(2)16-17-14(18)23-9-13(20)15-11-6-4-5-7-12(11)19(21)22/h3-7H,1,8-9H2,2H3,(H,15,20). The maximum absolute atomic E-state index is 12.0. The lowest BCUT2D eigenvalue weighted by Gasteiger charge is -2.07. The second-order valence-corrected chi connectivity index (χ2v) is 5.48. The fourth-order valence-corrected chi connectivity index (χ4v) is 2.66. The number of nitrogens with zero attached hydrogens (tertiary/aromatic N) is 4. The first kappa shape index (κ1) is 16.7. The van der Waals surface area contributed by atoms with Crippen LogP contribution in [0.25, 0.3) is 0 Å². The van der Waals surface area contributed by atoms with E-state index in [1.54, 1.807) is 18.2 Å². The number of para-hydroxylation sites is 2. The van der Waals surface area contributed by atoms with E-state index in [1.165, 1.54) is 23.9 Å². The average Bonchev–Trinajstić information content (AvgIpc) is 2.87. The Labute approximate surface area is 136 Å². The molecule has 0 atom stereocenters. The molecule has 0 spiro atoms. The fourth-order valence-electron chi connectivity index (χ4n) is 1.86. The highest BCUT2D eigenvalue weighted by Crippen LogP contribution is 2.24. The van der Waals surface area contributed by atoms with E-state index in [-0.39, 0.29) is 23.0 Å². The van der Waals surface area contributed by atoms with Crippen LogP contribution in [0.3, 0.4) is 0 Å². The largest absolute Gasteiger partial charge is 0.320 e. The molecule has 0 unspecified atom stereocenters. The van der Waals surface area contributed by atoms with Crippen molar-refractivity contribution in [3.8, 4) is 0 Å². The van der Waals surface area contributed by atoms with Crippen molar-refractivity contribution in [2.75, 3.05) is 11.1 Å². The molecular weight excluding hydrogens is 318 g/mol. The van der Waals surface area contributed by atoms with Crippen molar-refractivity contribution in [3.05, 3.63) is 52.9 Å². The quantitative estimate of drug-likeness (QED) is 0.361. The molecule has 1 amide bonds. The van der Waals surface area contributed by atoms with Crippen LogP contribution in [0.2, 0.25) is 0 Å². The van der Waals surface area contributed by atoms with Gasteiger partial charge in [0, 0.05) is 12.6 Å². The van der Waals surface area contributed by atoms with Gasteiger partial charge in [0.15, 0.2) is 5.16 Å². The number of aromatic nitrogens is 3. The van der Waals surface area contributed by atoms with Crippen LogP contribution in [-0.4, -0.2) is 31.3 Å². The molecule has 1 aromatic heterocycles. The summed E-state index contributed by atoms with van der Waals surface area (Å²) in [6.07, 6.45) is 1.72. The molecule has 0 aliphatic carbocycles. The minimum Gasteiger partial charge on any atom is -0.320 e. The topological polar surface area (TPSA) is 103 Å². The van der Waals surface area contributed by atoms with Gasteiger partial charge < -0.3 is 9.88 Å². The zero-order valence-electron chi connectivity index (χ0n) is 12.4. The molecule has 0 fully saturated rings. The van der Waals surface area contributed by atoms with E-state index in [0.717, 1.165) is 5.82 Å². The molecular formula is C14H15N5O3S. The van der Waals surface area contributed by atoms with E-state index in [1.807, 2.05) is 11.5 Å². The van der Waals surface area contributed by atoms with Crippen LogP contribution in [0, 0.1) is 17.0 Å². The summed E-state index contributed by atoms with van der Waals surface area (Å²) in [6, 6.07) is 6.00. The molecule has 0 aliphatic rings. The lowest BCUT2D eigenvalue weighted by molar-refractivity contribution is -0.383. The van der Waals surface area contributed by atoms with E-state index in [9.17, 15) is 14.9 Å². The summed E-state index contributed by atoms with van der Waals surface area (Å²) in [5.74, 6) is 0.447. The maximum atomic E-state index is 12.0. The third kappa shape index (κ3) is 4.16. The zero-order chi connectivity index (χ0) is 16.8. The van der Waals surface area contributed by atoms with Crippen molar-refractivity contribution in [1.82, 2.24) is 14.8 Å². The molecule has 23 heavy (non-hydrogen) atoms. The van der Waals surface area contributed by atoms with Gasteiger partial charge in [0.2, 0.25) is 5.91 Å². The highest BCUT2D eigenvalue weighted by molar-refractivity contribution is 7.99. The van der Waals surface area contributed by atoms with Gasteiger partial charge in [0.1, 0.15) is 11.5 Å². The first-order valence-corrected chi connectivity index (χ1v) is 7.68. The molecule has 2 rings (SSSR count). The monoisotopic (exact) mass is 333 g/mol. The van der Waals surface area contributed by atoms with E-state index in [2.05, 4.69) is 22.1 Å². The zero-order valence-corrected chi connectivity index (χ0v) is 13.2. The smallest absolute Gasteiger partial charge is 0.292 e. The molecule has 0 saturated carbocycles. The molecule has 0 saturated heterocycles. The van der Waals surface area contributed by atoms with Gasteiger partial charge in [0.05, 0.1) is 10.7 Å². The normalized spacial score (nSPS) is 10.3. The first-order valence-electron chi connectivity index (χ1n) is 6.69. The molecule has 2 aromatic rings. The Hall–Kier alpha value is -2.68. The van der Waals surface area contributed by atoms with Crippen LogP contribution in [0.4, 0.5) is 11.4 Å².